The summed E-state index contributed by atoms with van der Waals surface area (Å²) in [4.78, 5) is 10.4. The molecule has 0 aliphatic carbocycles. The number of nitrogens with two attached hydrogens (primary N) is 1. The van der Waals surface area contributed by atoms with E-state index >= 15 is 0 Å². The number of carbonyl (C=O) groups is 1. The Kier molecular flexibility index (Phi) is 1.95. The van der Waals surface area contributed by atoms with Crippen molar-refractivity contribution in [2.24, 2.45) is 10.8 Å². The first-order valence-electron chi connectivity index (χ1n) is 3.20. The van der Waals surface area contributed by atoms with E-state index in [2.05, 4.69) is 10.8 Å². The molecule has 1 aliphatic heterocycles. The van der Waals surface area contributed by atoms with Gasteiger partial charge < -0.3 is 10.8 Å². The molecule has 1 unspecified atom stereocenters. The second kappa shape index (κ2) is 2.59. The molecule has 0 saturated carbocycles. The second-order valence-corrected chi connectivity index (χ2v) is 2.47. The van der Waals surface area contributed by atoms with Gasteiger partial charge in [0.2, 0.25) is 0 Å². The Balaban J connectivity index is 2.99. The molecule has 0 spiro atoms. The molecule has 1 atom stereocenters. The zero-order chi connectivity index (χ0) is 10.3. The van der Waals surface area contributed by atoms with Crippen molar-refractivity contribution in [3.05, 3.63) is 0 Å². The topological polar surface area (TPSA) is 78.9 Å². The number of hydrogen-bond donors (Lipinski definition) is 2. The zero-order valence-corrected chi connectivity index (χ0v) is 6.25. The van der Waals surface area contributed by atoms with Crippen molar-refractivity contribution in [1.82, 2.24) is 5.01 Å². The van der Waals surface area contributed by atoms with Crippen LogP contribution < -0.4 is 5.73 Å². The summed E-state index contributed by atoms with van der Waals surface area (Å²) >= 11 is 0. The Morgan fingerprint density at radius 2 is 2.23 bits per heavy atom. The van der Waals surface area contributed by atoms with E-state index in [1.54, 1.807) is 0 Å². The SMILES string of the molecule is NC(=O)N1N=CCC1(O)C(F)(F)F. The molecule has 74 valence electrons. The number of hydrazone groups is 1. The number of carbonyl (C=O) groups excluding carboxylic acids is 1. The van der Waals surface area contributed by atoms with Crippen LogP contribution in [0.5, 0.6) is 0 Å². The van der Waals surface area contributed by atoms with E-state index in [0.717, 1.165) is 6.21 Å². The van der Waals surface area contributed by atoms with Gasteiger partial charge in [0.05, 0.1) is 0 Å². The molecule has 0 radical (unpaired) electrons. The van der Waals surface area contributed by atoms with Crippen LogP contribution in [0.2, 0.25) is 0 Å². The number of alkyl halides is 3. The van der Waals surface area contributed by atoms with Gasteiger partial charge in [0.25, 0.3) is 5.72 Å². The van der Waals surface area contributed by atoms with Crippen LogP contribution in [0, 0.1) is 0 Å². The van der Waals surface area contributed by atoms with Gasteiger partial charge in [0, 0.05) is 12.6 Å². The third kappa shape index (κ3) is 1.32. The van der Waals surface area contributed by atoms with Gasteiger partial charge >= 0.3 is 12.2 Å². The maximum atomic E-state index is 12.2. The number of aliphatic hydroxyl groups is 1. The number of nitrogens with zero attached hydrogens (tertiary/aromatic N) is 2. The van der Waals surface area contributed by atoms with Crippen molar-refractivity contribution in [3.63, 3.8) is 0 Å². The van der Waals surface area contributed by atoms with Gasteiger partial charge in [-0.3, -0.25) is 0 Å². The molecule has 3 N–H and O–H groups in total. The minimum absolute atomic E-state index is 0.188. The highest BCUT2D eigenvalue weighted by Gasteiger charge is 2.61. The Bertz CT molecular complexity index is 264. The van der Waals surface area contributed by atoms with Crippen LogP contribution in [-0.4, -0.2) is 34.3 Å². The molecule has 0 aromatic rings. The van der Waals surface area contributed by atoms with Crippen LogP contribution in [0.15, 0.2) is 5.10 Å². The third-order valence-corrected chi connectivity index (χ3v) is 1.59. The van der Waals surface area contributed by atoms with Crippen molar-refractivity contribution in [2.45, 2.75) is 18.3 Å². The van der Waals surface area contributed by atoms with Gasteiger partial charge in [-0.2, -0.15) is 23.3 Å². The van der Waals surface area contributed by atoms with Gasteiger partial charge in [-0.15, -0.1) is 0 Å². The Hall–Kier alpha value is -1.31. The summed E-state index contributed by atoms with van der Waals surface area (Å²) in [6.07, 6.45) is -5.00. The van der Waals surface area contributed by atoms with Gasteiger partial charge in [-0.05, 0) is 0 Å². The van der Waals surface area contributed by atoms with Gasteiger partial charge in [-0.25, -0.2) is 4.79 Å². The summed E-state index contributed by atoms with van der Waals surface area (Å²) < 4.78 is 36.5. The van der Waals surface area contributed by atoms with E-state index in [9.17, 15) is 18.0 Å². The van der Waals surface area contributed by atoms with Crippen molar-refractivity contribution < 1.29 is 23.1 Å². The van der Waals surface area contributed by atoms with Crippen molar-refractivity contribution in [1.29, 1.82) is 0 Å². The number of primary amides is 1. The fourth-order valence-corrected chi connectivity index (χ4v) is 0.907. The zero-order valence-electron chi connectivity index (χ0n) is 6.25. The lowest BCUT2D eigenvalue weighted by Gasteiger charge is -2.31. The molecule has 1 aliphatic rings. The maximum Gasteiger partial charge on any atom is 0.438 e. The molecule has 0 saturated heterocycles. The van der Waals surface area contributed by atoms with Crippen molar-refractivity contribution >= 4 is 12.2 Å². The fourth-order valence-electron chi connectivity index (χ4n) is 0.907. The van der Waals surface area contributed by atoms with Gasteiger partial charge in [0.1, 0.15) is 0 Å². The third-order valence-electron chi connectivity index (χ3n) is 1.59. The van der Waals surface area contributed by atoms with E-state index in [1.807, 2.05) is 0 Å². The average molecular weight is 197 g/mol. The van der Waals surface area contributed by atoms with E-state index in [0.29, 0.717) is 0 Å². The van der Waals surface area contributed by atoms with Gasteiger partial charge in [-0.1, -0.05) is 0 Å². The number of rotatable bonds is 0. The van der Waals surface area contributed by atoms with Crippen LogP contribution in [0.3, 0.4) is 0 Å². The molecule has 5 nitrogen and oxygen atoms in total. The molecule has 13 heavy (non-hydrogen) atoms. The van der Waals surface area contributed by atoms with E-state index in [-0.39, 0.29) is 5.01 Å². The molecule has 0 bridgehead atoms. The lowest BCUT2D eigenvalue weighted by molar-refractivity contribution is -0.296. The van der Waals surface area contributed by atoms with Crippen molar-refractivity contribution in [3.8, 4) is 0 Å². The molecule has 0 aromatic carbocycles. The van der Waals surface area contributed by atoms with Gasteiger partial charge in [0.15, 0.2) is 0 Å². The molecule has 8 heteroatoms. The minimum atomic E-state index is -4.97. The van der Waals surface area contributed by atoms with Crippen LogP contribution >= 0.6 is 0 Å². The monoisotopic (exact) mass is 197 g/mol. The predicted molar refractivity (Wildman–Crippen MR) is 35.5 cm³/mol. The van der Waals surface area contributed by atoms with Crippen LogP contribution in [0.1, 0.15) is 6.42 Å². The molecule has 0 aromatic heterocycles. The quantitative estimate of drug-likeness (QED) is 0.573. The van der Waals surface area contributed by atoms with Crippen LogP contribution in [0.4, 0.5) is 18.0 Å². The first-order valence-corrected chi connectivity index (χ1v) is 3.20. The highest BCUT2D eigenvalue weighted by atomic mass is 19.4. The second-order valence-electron chi connectivity index (χ2n) is 2.47. The predicted octanol–water partition coefficient (Wildman–Crippen LogP) is 0.00750. The summed E-state index contributed by atoms with van der Waals surface area (Å²) in [6, 6.07) is -1.45. The largest absolute Gasteiger partial charge is 0.438 e. The Morgan fingerprint density at radius 3 is 2.54 bits per heavy atom. The lowest BCUT2D eigenvalue weighted by atomic mass is 10.1. The number of halogens is 3. The summed E-state index contributed by atoms with van der Waals surface area (Å²) in [5.74, 6) is 0. The summed E-state index contributed by atoms with van der Waals surface area (Å²) in [6.45, 7) is 0. The molecule has 2 amide bonds. The highest BCUT2D eigenvalue weighted by Crippen LogP contribution is 2.38. The molecular weight excluding hydrogens is 191 g/mol. The average Bonchev–Trinajstić information content (AvgIpc) is 2.30. The first kappa shape index (κ1) is 9.78. The number of amides is 2. The maximum absolute atomic E-state index is 12.2. The van der Waals surface area contributed by atoms with Crippen LogP contribution in [-0.2, 0) is 0 Å². The molecule has 0 fully saturated rings. The van der Waals surface area contributed by atoms with E-state index in [4.69, 9.17) is 5.11 Å². The fraction of sp³-hybridized carbons (Fsp3) is 0.600. The Labute approximate surface area is 70.6 Å². The number of hydrogen-bond acceptors (Lipinski definition) is 3. The normalized spacial score (nSPS) is 28.2. The molecular formula is C5H6F3N3O2. The minimum Gasteiger partial charge on any atom is -0.362 e. The highest BCUT2D eigenvalue weighted by molar-refractivity contribution is 5.77. The van der Waals surface area contributed by atoms with Crippen molar-refractivity contribution in [2.75, 3.05) is 0 Å². The lowest BCUT2D eigenvalue weighted by Crippen LogP contribution is -2.57. The molecule has 1 rings (SSSR count). The molecule has 1 heterocycles. The standard InChI is InChI=1S/C5H6F3N3O2/c6-5(7,8)4(13)1-2-10-11(4)3(9)12/h2,13H,1H2,(H2,9,12). The Morgan fingerprint density at radius 1 is 1.69 bits per heavy atom. The summed E-state index contributed by atoms with van der Waals surface area (Å²) in [5, 5.41) is 11.9. The first-order chi connectivity index (χ1) is 5.79. The van der Waals surface area contributed by atoms with E-state index < -0.39 is 24.4 Å². The smallest absolute Gasteiger partial charge is 0.362 e. The van der Waals surface area contributed by atoms with E-state index in [1.165, 1.54) is 0 Å². The summed E-state index contributed by atoms with van der Waals surface area (Å²) in [5.41, 5.74) is 1.29. The summed E-state index contributed by atoms with van der Waals surface area (Å²) in [7, 11) is 0. The number of urea groups is 1. The van der Waals surface area contributed by atoms with Crippen LogP contribution in [0.25, 0.3) is 0 Å².